The molecule has 4 heterocycles. The quantitative estimate of drug-likeness (QED) is 0.311. The molecule has 0 amide bonds. The molecule has 9 nitrogen and oxygen atoms in total. The molecule has 0 bridgehead atoms. The van der Waals surface area contributed by atoms with E-state index in [-0.39, 0.29) is 17.6 Å². The summed E-state index contributed by atoms with van der Waals surface area (Å²) >= 11 is 6.81. The number of halogens is 1. The Labute approximate surface area is 240 Å². The largest absolute Gasteiger partial charge is 0.484 e. The average Bonchev–Trinajstić information content (AvgIpc) is 2.96. The lowest BCUT2D eigenvalue weighted by atomic mass is 9.96. The number of nitrogens with one attached hydrogen (secondary N) is 1. The Morgan fingerprint density at radius 2 is 1.95 bits per heavy atom. The number of benzene rings is 1. The highest BCUT2D eigenvalue weighted by molar-refractivity contribution is 6.33. The van der Waals surface area contributed by atoms with Crippen molar-refractivity contribution in [3.8, 4) is 11.1 Å². The monoisotopic (exact) mass is 566 g/mol. The Hall–Kier alpha value is -3.01. The topological polar surface area (TPSA) is 93.9 Å². The maximum absolute atomic E-state index is 14.1. The molecule has 2 aliphatic rings. The summed E-state index contributed by atoms with van der Waals surface area (Å²) in [5, 5.41) is 4.78. The highest BCUT2D eigenvalue weighted by Crippen LogP contribution is 2.32. The first-order chi connectivity index (χ1) is 19.3. The number of methoxy groups -OCH3 is 1. The third-order valence-corrected chi connectivity index (χ3v) is 8.41. The smallest absolute Gasteiger partial charge is 0.260 e. The van der Waals surface area contributed by atoms with Crippen LogP contribution in [0.25, 0.3) is 22.2 Å². The van der Waals surface area contributed by atoms with Crippen LogP contribution < -0.4 is 10.9 Å². The van der Waals surface area contributed by atoms with Gasteiger partial charge in [0, 0.05) is 60.5 Å². The third kappa shape index (κ3) is 6.48. The molecule has 5 rings (SSSR count). The van der Waals surface area contributed by atoms with E-state index in [1.807, 2.05) is 48.9 Å². The molecule has 1 aromatic carbocycles. The van der Waals surface area contributed by atoms with Gasteiger partial charge in [0.05, 0.1) is 13.2 Å². The van der Waals surface area contributed by atoms with Gasteiger partial charge in [-0.3, -0.25) is 9.36 Å². The van der Waals surface area contributed by atoms with Crippen LogP contribution in [0.2, 0.25) is 5.02 Å². The number of pyridine rings is 1. The number of hydrogen-bond donors (Lipinski definition) is 1. The lowest BCUT2D eigenvalue weighted by Crippen LogP contribution is -2.34. The van der Waals surface area contributed by atoms with Crippen LogP contribution in [0, 0.1) is 5.92 Å². The van der Waals surface area contributed by atoms with Crippen LogP contribution in [0.4, 0.5) is 5.95 Å². The van der Waals surface area contributed by atoms with E-state index in [0.717, 1.165) is 62.9 Å². The van der Waals surface area contributed by atoms with Crippen LogP contribution in [0.5, 0.6) is 0 Å². The van der Waals surface area contributed by atoms with Gasteiger partial charge in [-0.15, -0.1) is 0 Å². The van der Waals surface area contributed by atoms with Gasteiger partial charge >= 0.3 is 0 Å². The number of aliphatic imine (C=N–C) groups is 1. The molecule has 0 spiro atoms. The number of nitrogens with zero attached hydrogens (tertiary/aromatic N) is 5. The van der Waals surface area contributed by atoms with Crippen molar-refractivity contribution in [2.45, 2.75) is 58.2 Å². The summed E-state index contributed by atoms with van der Waals surface area (Å²) in [6, 6.07) is 7.78. The van der Waals surface area contributed by atoms with Crippen LogP contribution in [0.1, 0.15) is 51.1 Å². The van der Waals surface area contributed by atoms with Crippen molar-refractivity contribution in [2.75, 3.05) is 45.8 Å². The van der Waals surface area contributed by atoms with Crippen LogP contribution in [0.3, 0.4) is 0 Å². The molecule has 3 aromatic rings. The Balaban J connectivity index is 1.54. The fourth-order valence-electron chi connectivity index (χ4n) is 5.53. The molecule has 0 saturated carbocycles. The first-order valence-corrected chi connectivity index (χ1v) is 14.5. The van der Waals surface area contributed by atoms with E-state index in [1.165, 1.54) is 0 Å². The number of piperidine rings is 1. The van der Waals surface area contributed by atoms with Gasteiger partial charge in [0.25, 0.3) is 5.56 Å². The maximum atomic E-state index is 14.1. The molecule has 40 heavy (non-hydrogen) atoms. The summed E-state index contributed by atoms with van der Waals surface area (Å²) in [6.45, 7) is 7.93. The first-order valence-electron chi connectivity index (χ1n) is 14.1. The van der Waals surface area contributed by atoms with Gasteiger partial charge in [0.15, 0.2) is 5.90 Å². The number of fused-ring (bicyclic) bond motifs is 1. The standard InChI is InChI=1S/C30H39ClN6O3/c1-19(33-20(2)39-4)22-5-6-25(27(31)16-22)26-15-23-17-32-30(34-24-9-13-40-14-10-24)35-28(23)37(29(26)38)18-21-7-11-36(3)12-8-21/h5-6,15-17,19,21,24H,7-14,18H2,1-4H3,(H,32,34,35)/b33-20-. The molecule has 0 aliphatic carbocycles. The molecule has 2 aliphatic heterocycles. The zero-order chi connectivity index (χ0) is 28.2. The van der Waals surface area contributed by atoms with Crippen molar-refractivity contribution in [3.63, 3.8) is 0 Å². The molecule has 214 valence electrons. The predicted molar refractivity (Wildman–Crippen MR) is 160 cm³/mol. The fourth-order valence-corrected chi connectivity index (χ4v) is 5.82. The molecule has 2 saturated heterocycles. The molecular weight excluding hydrogens is 528 g/mol. The minimum absolute atomic E-state index is 0.0851. The van der Waals surface area contributed by atoms with Gasteiger partial charge < -0.3 is 19.7 Å². The molecule has 1 N–H and O–H groups in total. The lowest BCUT2D eigenvalue weighted by Gasteiger charge is -2.29. The normalized spacial score (nSPS) is 18.7. The number of hydrogen-bond acceptors (Lipinski definition) is 8. The van der Waals surface area contributed by atoms with Gasteiger partial charge in [-0.2, -0.15) is 4.98 Å². The van der Waals surface area contributed by atoms with E-state index in [0.29, 0.717) is 46.1 Å². The van der Waals surface area contributed by atoms with Crippen molar-refractivity contribution in [2.24, 2.45) is 10.9 Å². The minimum atomic E-state index is -0.126. The molecule has 1 atom stereocenters. The van der Waals surface area contributed by atoms with E-state index < -0.39 is 0 Å². The summed E-state index contributed by atoms with van der Waals surface area (Å²) < 4.78 is 12.5. The van der Waals surface area contributed by atoms with E-state index in [2.05, 4.69) is 27.2 Å². The van der Waals surface area contributed by atoms with E-state index in [9.17, 15) is 4.79 Å². The summed E-state index contributed by atoms with van der Waals surface area (Å²) in [5.41, 5.74) is 2.76. The van der Waals surface area contributed by atoms with Gasteiger partial charge in [0.2, 0.25) is 5.95 Å². The lowest BCUT2D eigenvalue weighted by molar-refractivity contribution is 0.0903. The molecule has 2 fully saturated rings. The van der Waals surface area contributed by atoms with Crippen LogP contribution in [-0.4, -0.2) is 71.8 Å². The Morgan fingerprint density at radius 1 is 1.20 bits per heavy atom. The van der Waals surface area contributed by atoms with Crippen molar-refractivity contribution in [1.29, 1.82) is 0 Å². The average molecular weight is 567 g/mol. The molecule has 10 heteroatoms. The Bertz CT molecular complexity index is 1430. The predicted octanol–water partition coefficient (Wildman–Crippen LogP) is 5.17. The van der Waals surface area contributed by atoms with Crippen LogP contribution in [-0.2, 0) is 16.0 Å². The first kappa shape index (κ1) is 28.5. The van der Waals surface area contributed by atoms with Gasteiger partial charge in [-0.1, -0.05) is 23.7 Å². The van der Waals surface area contributed by atoms with Crippen molar-refractivity contribution >= 4 is 34.5 Å². The second kappa shape index (κ2) is 12.7. The second-order valence-electron chi connectivity index (χ2n) is 11.0. The van der Waals surface area contributed by atoms with E-state index in [1.54, 1.807) is 7.11 Å². The number of anilines is 1. The zero-order valence-electron chi connectivity index (χ0n) is 23.8. The van der Waals surface area contributed by atoms with Crippen molar-refractivity contribution in [3.05, 3.63) is 51.4 Å². The summed E-state index contributed by atoms with van der Waals surface area (Å²) in [4.78, 5) is 30.5. The maximum Gasteiger partial charge on any atom is 0.260 e. The molecular formula is C30H39ClN6O3. The fraction of sp³-hybridized carbons (Fsp3) is 0.533. The molecule has 2 aromatic heterocycles. The number of rotatable bonds is 7. The highest BCUT2D eigenvalue weighted by Gasteiger charge is 2.22. The zero-order valence-corrected chi connectivity index (χ0v) is 24.6. The number of likely N-dealkylation sites (tertiary alicyclic amines) is 1. The second-order valence-corrected chi connectivity index (χ2v) is 11.4. The van der Waals surface area contributed by atoms with E-state index >= 15 is 0 Å². The van der Waals surface area contributed by atoms with Crippen molar-refractivity contribution < 1.29 is 9.47 Å². The number of ether oxygens (including phenoxy) is 2. The van der Waals surface area contributed by atoms with E-state index in [4.69, 9.17) is 26.1 Å². The SMILES string of the molecule is CO/C(C)=N\C(C)c1ccc(-c2cc3cnc(NC4CCOCC4)nc3n(CC3CCN(C)CC3)c2=O)c(Cl)c1. The summed E-state index contributed by atoms with van der Waals surface area (Å²) in [7, 11) is 3.75. The van der Waals surface area contributed by atoms with Crippen LogP contribution in [0.15, 0.2) is 40.2 Å². The highest BCUT2D eigenvalue weighted by atomic mass is 35.5. The van der Waals surface area contributed by atoms with Crippen molar-refractivity contribution in [1.82, 2.24) is 19.4 Å². The minimum Gasteiger partial charge on any atom is -0.484 e. The van der Waals surface area contributed by atoms with Crippen LogP contribution >= 0.6 is 11.6 Å². The molecule has 1 unspecified atom stereocenters. The third-order valence-electron chi connectivity index (χ3n) is 8.10. The van der Waals surface area contributed by atoms with Gasteiger partial charge in [-0.05, 0) is 76.4 Å². The Morgan fingerprint density at radius 3 is 2.65 bits per heavy atom. The summed E-state index contributed by atoms with van der Waals surface area (Å²) in [6.07, 6.45) is 5.71. The summed E-state index contributed by atoms with van der Waals surface area (Å²) in [5.74, 6) is 1.55. The van der Waals surface area contributed by atoms with Gasteiger partial charge in [-0.25, -0.2) is 9.98 Å². The molecule has 0 radical (unpaired) electrons. The Kier molecular flexibility index (Phi) is 9.03. The number of aromatic nitrogens is 3. The van der Waals surface area contributed by atoms with Gasteiger partial charge in [0.1, 0.15) is 5.65 Å².